The Morgan fingerprint density at radius 3 is 2.07 bits per heavy atom. The van der Waals surface area contributed by atoms with Crippen LogP contribution in [0.25, 0.3) is 0 Å². The molecule has 6 rings (SSSR count). The number of imide groups is 1. The van der Waals surface area contributed by atoms with Crippen LogP contribution in [0.5, 0.6) is 0 Å². The molecule has 8 nitrogen and oxygen atoms in total. The Labute approximate surface area is 255 Å². The lowest BCUT2D eigenvalue weighted by atomic mass is 9.85. The number of urea groups is 1. The molecule has 3 aliphatic rings. The Morgan fingerprint density at radius 2 is 1.52 bits per heavy atom. The summed E-state index contributed by atoms with van der Waals surface area (Å²) < 4.78 is 0.965. The Kier molecular flexibility index (Phi) is 9.40. The lowest BCUT2D eigenvalue weighted by molar-refractivity contribution is -0.138. The minimum absolute atomic E-state index is 0.0148. The third kappa shape index (κ3) is 6.75. The van der Waals surface area contributed by atoms with Crippen molar-refractivity contribution < 1.29 is 19.5 Å². The number of benzene rings is 3. The van der Waals surface area contributed by atoms with E-state index in [0.29, 0.717) is 12.8 Å². The second-order valence-corrected chi connectivity index (χ2v) is 12.2. The van der Waals surface area contributed by atoms with Gasteiger partial charge in [-0.3, -0.25) is 19.4 Å². The van der Waals surface area contributed by atoms with Gasteiger partial charge in [-0.1, -0.05) is 76.6 Å². The van der Waals surface area contributed by atoms with Crippen molar-refractivity contribution in [1.29, 1.82) is 0 Å². The minimum atomic E-state index is -0.855. The zero-order valence-electron chi connectivity index (χ0n) is 23.6. The molecule has 1 spiro atoms. The summed E-state index contributed by atoms with van der Waals surface area (Å²) in [4.78, 5) is 42.9. The summed E-state index contributed by atoms with van der Waals surface area (Å²) >= 11 is 3.45. The van der Waals surface area contributed by atoms with Gasteiger partial charge in [-0.15, -0.1) is 0 Å². The number of halogens is 1. The molecule has 3 aromatic carbocycles. The van der Waals surface area contributed by atoms with Crippen LogP contribution in [-0.2, 0) is 16.1 Å². The molecule has 0 radical (unpaired) electrons. The molecular weight excluding hydrogens is 596 g/mol. The van der Waals surface area contributed by atoms with Crippen LogP contribution in [0.4, 0.5) is 10.5 Å². The summed E-state index contributed by atoms with van der Waals surface area (Å²) in [6.45, 7) is 2.62. The second kappa shape index (κ2) is 13.2. The van der Waals surface area contributed by atoms with Crippen molar-refractivity contribution in [2.45, 2.75) is 50.2 Å². The summed E-state index contributed by atoms with van der Waals surface area (Å²) in [5, 5.41) is 8.05. The largest absolute Gasteiger partial charge is 0.481 e. The monoisotopic (exact) mass is 632 g/mol. The number of carbonyl (C=O) groups excluding carboxylic acids is 2. The molecule has 9 heteroatoms. The van der Waals surface area contributed by atoms with E-state index in [0.717, 1.165) is 60.2 Å². The first-order valence-electron chi connectivity index (χ1n) is 14.5. The number of carbonyl (C=O) groups is 3. The number of anilines is 1. The molecule has 0 unspecified atom stereocenters. The van der Waals surface area contributed by atoms with Gasteiger partial charge in [0.2, 0.25) is 0 Å². The molecule has 3 amide bonds. The van der Waals surface area contributed by atoms with E-state index in [1.807, 2.05) is 72.8 Å². The molecule has 3 aromatic rings. The number of piperidine rings is 1. The third-order valence-electron chi connectivity index (χ3n) is 8.36. The summed E-state index contributed by atoms with van der Waals surface area (Å²) in [5.41, 5.74) is 8.41. The van der Waals surface area contributed by atoms with Crippen LogP contribution in [0.2, 0.25) is 0 Å². The van der Waals surface area contributed by atoms with E-state index in [2.05, 4.69) is 33.0 Å². The summed E-state index contributed by atoms with van der Waals surface area (Å²) in [5.74, 6) is -0.708. The van der Waals surface area contributed by atoms with Gasteiger partial charge in [-0.25, -0.2) is 4.79 Å². The average Bonchev–Trinajstić information content (AvgIpc) is 3.85. The number of hydrogen-bond acceptors (Lipinski definition) is 5. The maximum atomic E-state index is 13.9. The summed E-state index contributed by atoms with van der Waals surface area (Å²) in [7, 11) is 0. The molecule has 2 heterocycles. The highest BCUT2D eigenvalue weighted by molar-refractivity contribution is 9.10. The first-order chi connectivity index (χ1) is 20.3. The first kappa shape index (κ1) is 29.9. The molecule has 1 atom stereocenters. The Balaban J connectivity index is 0.000000524. The zero-order chi connectivity index (χ0) is 29.7. The minimum Gasteiger partial charge on any atom is -0.481 e. The molecule has 220 valence electrons. The zero-order valence-corrected chi connectivity index (χ0v) is 25.2. The fourth-order valence-corrected chi connectivity index (χ4v) is 5.95. The molecular formula is C33H37BrN4O4. The van der Waals surface area contributed by atoms with E-state index >= 15 is 0 Å². The lowest BCUT2D eigenvalue weighted by Gasteiger charge is -2.42. The highest BCUT2D eigenvalue weighted by Crippen LogP contribution is 2.41. The number of para-hydroxylation sites is 1. The SMILES string of the molecule is N[C@@H](CCN1CCC2(CC1)C(=O)N(Cc1ccc(Br)cc1)C(=O)N2c1ccccc1)c1ccccc1.O=C(O)C1CC1. The van der Waals surface area contributed by atoms with Gasteiger partial charge in [-0.2, -0.15) is 0 Å². The van der Waals surface area contributed by atoms with Crippen LogP contribution < -0.4 is 10.6 Å². The number of amides is 3. The fourth-order valence-electron chi connectivity index (χ4n) is 5.69. The molecule has 3 fully saturated rings. The van der Waals surface area contributed by atoms with Gasteiger partial charge in [0.25, 0.3) is 5.91 Å². The highest BCUT2D eigenvalue weighted by atomic mass is 79.9. The Morgan fingerprint density at radius 1 is 0.929 bits per heavy atom. The average molecular weight is 634 g/mol. The number of aliphatic carboxylic acids is 1. The number of carboxylic acid groups (broad SMARTS) is 1. The van der Waals surface area contributed by atoms with Gasteiger partial charge in [0.1, 0.15) is 5.54 Å². The Bertz CT molecular complexity index is 1370. The van der Waals surface area contributed by atoms with Crippen LogP contribution >= 0.6 is 15.9 Å². The van der Waals surface area contributed by atoms with Crippen LogP contribution in [0.15, 0.2) is 89.4 Å². The van der Waals surface area contributed by atoms with Crippen molar-refractivity contribution in [3.8, 4) is 0 Å². The first-order valence-corrected chi connectivity index (χ1v) is 15.3. The molecule has 0 aromatic heterocycles. The Hall–Kier alpha value is -3.53. The molecule has 42 heavy (non-hydrogen) atoms. The van der Waals surface area contributed by atoms with Crippen LogP contribution in [0.3, 0.4) is 0 Å². The fraction of sp³-hybridized carbons (Fsp3) is 0.364. The molecule has 1 saturated carbocycles. The third-order valence-corrected chi connectivity index (χ3v) is 8.88. The molecule has 2 saturated heterocycles. The topological polar surface area (TPSA) is 107 Å². The maximum absolute atomic E-state index is 13.9. The van der Waals surface area contributed by atoms with Crippen molar-refractivity contribution in [3.63, 3.8) is 0 Å². The van der Waals surface area contributed by atoms with Crippen molar-refractivity contribution in [1.82, 2.24) is 9.80 Å². The van der Waals surface area contributed by atoms with E-state index in [-0.39, 0.29) is 30.4 Å². The number of likely N-dealkylation sites (tertiary alicyclic amines) is 1. The van der Waals surface area contributed by atoms with Crippen molar-refractivity contribution in [2.24, 2.45) is 11.7 Å². The number of hydrogen-bond donors (Lipinski definition) is 2. The normalized spacial score (nSPS) is 19.0. The summed E-state index contributed by atoms with van der Waals surface area (Å²) in [6, 6.07) is 27.3. The van der Waals surface area contributed by atoms with E-state index in [4.69, 9.17) is 10.8 Å². The predicted octanol–water partition coefficient (Wildman–Crippen LogP) is 5.82. The summed E-state index contributed by atoms with van der Waals surface area (Å²) in [6.07, 6.45) is 3.85. The smallest absolute Gasteiger partial charge is 0.332 e. The van der Waals surface area contributed by atoms with Gasteiger partial charge in [0, 0.05) is 29.3 Å². The molecule has 1 aliphatic carbocycles. The highest BCUT2D eigenvalue weighted by Gasteiger charge is 2.58. The van der Waals surface area contributed by atoms with Crippen LogP contribution in [0, 0.1) is 5.92 Å². The van der Waals surface area contributed by atoms with Gasteiger partial charge in [-0.05, 0) is 74.0 Å². The molecule has 3 N–H and O–H groups in total. The van der Waals surface area contributed by atoms with Crippen LogP contribution in [0.1, 0.15) is 49.3 Å². The number of nitrogens with zero attached hydrogens (tertiary/aromatic N) is 3. The molecule has 0 bridgehead atoms. The second-order valence-electron chi connectivity index (χ2n) is 11.3. The van der Waals surface area contributed by atoms with Crippen molar-refractivity contribution in [2.75, 3.05) is 24.5 Å². The van der Waals surface area contributed by atoms with Gasteiger partial charge in [0.05, 0.1) is 12.5 Å². The van der Waals surface area contributed by atoms with Gasteiger partial charge < -0.3 is 15.7 Å². The van der Waals surface area contributed by atoms with E-state index in [1.54, 1.807) is 4.90 Å². The quantitative estimate of drug-likeness (QED) is 0.303. The van der Waals surface area contributed by atoms with Gasteiger partial charge >= 0.3 is 12.0 Å². The van der Waals surface area contributed by atoms with E-state index in [9.17, 15) is 14.4 Å². The lowest BCUT2D eigenvalue weighted by Crippen LogP contribution is -2.57. The van der Waals surface area contributed by atoms with Crippen molar-refractivity contribution >= 4 is 39.5 Å². The van der Waals surface area contributed by atoms with E-state index in [1.165, 1.54) is 4.90 Å². The number of rotatable bonds is 8. The number of nitrogens with two attached hydrogens (primary N) is 1. The molecule has 2 aliphatic heterocycles. The van der Waals surface area contributed by atoms with Crippen LogP contribution in [-0.4, -0.2) is 58.0 Å². The standard InChI is InChI=1S/C29H31BrN4O2.C4H6O2/c30-24-13-11-22(12-14-24)21-33-27(35)29(34(28(33)36)25-9-5-2-6-10-25)16-19-32(20-17-29)18-15-26(31)23-7-3-1-4-8-23;5-4(6)3-1-2-3/h1-14,26H,15-21,31H2;3H,1-2H2,(H,5,6)/t26-;/m0./s1. The van der Waals surface area contributed by atoms with E-state index < -0.39 is 11.5 Å². The maximum Gasteiger partial charge on any atom is 0.332 e. The van der Waals surface area contributed by atoms with Gasteiger partial charge in [0.15, 0.2) is 0 Å². The predicted molar refractivity (Wildman–Crippen MR) is 166 cm³/mol. The number of carboxylic acids is 1. The van der Waals surface area contributed by atoms with Crippen molar-refractivity contribution in [3.05, 3.63) is 101 Å².